The molecule has 0 fully saturated rings. The molecule has 1 heterocycles. The number of nitrogens with one attached hydrogen (secondary N) is 2. The van der Waals surface area contributed by atoms with E-state index in [1.54, 1.807) is 26.0 Å². The first kappa shape index (κ1) is 12.9. The topological polar surface area (TPSA) is 108 Å². The highest BCUT2D eigenvalue weighted by Gasteiger charge is 2.29. The number of nitrogens with zero attached hydrogens (tertiary/aromatic N) is 1. The minimum Gasteiger partial charge on any atom is -0.481 e. The minimum absolute atomic E-state index is 0.373. The van der Waals surface area contributed by atoms with Gasteiger partial charge in [0, 0.05) is 0 Å². The number of carboxylic acid groups (broad SMARTS) is 1. The molecule has 0 saturated heterocycles. The Balaban J connectivity index is 2.48. The van der Waals surface area contributed by atoms with Crippen molar-refractivity contribution in [2.24, 2.45) is 0 Å². The number of aromatic amines is 2. The Labute approximate surface area is 107 Å². The van der Waals surface area contributed by atoms with Gasteiger partial charge in [0.25, 0.3) is 0 Å². The van der Waals surface area contributed by atoms with Crippen LogP contribution < -0.4 is 11.4 Å². The van der Waals surface area contributed by atoms with Crippen molar-refractivity contribution in [2.75, 3.05) is 0 Å². The van der Waals surface area contributed by atoms with E-state index < -0.39 is 22.8 Å². The quantitative estimate of drug-likeness (QED) is 0.735. The zero-order valence-corrected chi connectivity index (χ0v) is 10.4. The van der Waals surface area contributed by atoms with E-state index in [-0.39, 0.29) is 0 Å². The van der Waals surface area contributed by atoms with Crippen LogP contribution in [-0.4, -0.2) is 25.8 Å². The Morgan fingerprint density at radius 2 is 1.58 bits per heavy atom. The summed E-state index contributed by atoms with van der Waals surface area (Å²) >= 11 is 0. The molecule has 1 aromatic heterocycles. The number of rotatable bonds is 3. The molecule has 0 aliphatic rings. The third-order valence-corrected chi connectivity index (χ3v) is 3.06. The molecule has 100 valence electrons. The molecule has 1 aromatic carbocycles. The van der Waals surface area contributed by atoms with Gasteiger partial charge in [-0.1, -0.05) is 12.1 Å². The molecule has 0 saturated carbocycles. The smallest absolute Gasteiger partial charge is 0.348 e. The Hall–Kier alpha value is -2.57. The molecule has 0 spiro atoms. The van der Waals surface area contributed by atoms with Crippen molar-refractivity contribution in [1.29, 1.82) is 0 Å². The van der Waals surface area contributed by atoms with Crippen LogP contribution in [0.1, 0.15) is 19.4 Å². The van der Waals surface area contributed by atoms with Crippen LogP contribution in [0.3, 0.4) is 0 Å². The van der Waals surface area contributed by atoms with Crippen LogP contribution in [0.25, 0.3) is 5.69 Å². The van der Waals surface area contributed by atoms with E-state index in [1.807, 2.05) is 0 Å². The first-order valence-electron chi connectivity index (χ1n) is 5.58. The van der Waals surface area contributed by atoms with E-state index in [1.165, 1.54) is 12.1 Å². The highest BCUT2D eigenvalue weighted by Crippen LogP contribution is 2.23. The van der Waals surface area contributed by atoms with Crippen molar-refractivity contribution in [3.05, 3.63) is 50.8 Å². The first-order valence-corrected chi connectivity index (χ1v) is 5.58. The summed E-state index contributed by atoms with van der Waals surface area (Å²) in [6.07, 6.45) is 0. The summed E-state index contributed by atoms with van der Waals surface area (Å²) in [5, 5.41) is 13.5. The summed E-state index contributed by atoms with van der Waals surface area (Å²) in [7, 11) is 0. The predicted octanol–water partition coefficient (Wildman–Crippen LogP) is 0.216. The highest BCUT2D eigenvalue weighted by atomic mass is 16.4. The summed E-state index contributed by atoms with van der Waals surface area (Å²) in [6, 6.07) is 6.24. The van der Waals surface area contributed by atoms with E-state index in [9.17, 15) is 14.4 Å². The molecular weight excluding hydrogens is 250 g/mol. The summed E-state index contributed by atoms with van der Waals surface area (Å²) < 4.78 is 0.928. The lowest BCUT2D eigenvalue weighted by Gasteiger charge is -2.19. The van der Waals surface area contributed by atoms with Gasteiger partial charge in [0.05, 0.1) is 11.1 Å². The highest BCUT2D eigenvalue weighted by molar-refractivity contribution is 5.80. The molecule has 0 atom stereocenters. The second kappa shape index (κ2) is 4.27. The Bertz CT molecular complexity index is 691. The molecule has 0 radical (unpaired) electrons. The summed E-state index contributed by atoms with van der Waals surface area (Å²) in [5.74, 6) is -0.947. The van der Waals surface area contributed by atoms with E-state index in [4.69, 9.17) is 5.11 Å². The molecule has 0 bridgehead atoms. The average Bonchev–Trinajstić information content (AvgIpc) is 2.69. The number of hydrogen-bond acceptors (Lipinski definition) is 3. The van der Waals surface area contributed by atoms with Crippen LogP contribution in [0.15, 0.2) is 33.9 Å². The standard InChI is InChI=1S/C12H13N3O4/c1-12(2,9(16)17)7-3-5-8(6-4-7)15-10(18)13-14-11(15)19/h3-6H,1-2H3,(H,13,18)(H,14,19)(H,16,17). The maximum atomic E-state index is 11.4. The van der Waals surface area contributed by atoms with Gasteiger partial charge < -0.3 is 5.11 Å². The van der Waals surface area contributed by atoms with Crippen LogP contribution in [0.5, 0.6) is 0 Å². The predicted molar refractivity (Wildman–Crippen MR) is 67.7 cm³/mol. The zero-order valence-electron chi connectivity index (χ0n) is 10.4. The number of benzene rings is 1. The van der Waals surface area contributed by atoms with Gasteiger partial charge in [-0.3, -0.25) is 4.79 Å². The summed E-state index contributed by atoms with van der Waals surface area (Å²) in [6.45, 7) is 3.17. The fourth-order valence-electron chi connectivity index (χ4n) is 1.70. The Morgan fingerprint density at radius 1 is 1.11 bits per heavy atom. The molecule has 3 N–H and O–H groups in total. The van der Waals surface area contributed by atoms with Crippen molar-refractivity contribution >= 4 is 5.97 Å². The third kappa shape index (κ3) is 2.10. The lowest BCUT2D eigenvalue weighted by atomic mass is 9.85. The van der Waals surface area contributed by atoms with Gasteiger partial charge in [0.2, 0.25) is 0 Å². The van der Waals surface area contributed by atoms with Crippen LogP contribution in [-0.2, 0) is 10.2 Å². The van der Waals surface area contributed by atoms with Gasteiger partial charge in [-0.2, -0.15) is 0 Å². The number of H-pyrrole nitrogens is 2. The van der Waals surface area contributed by atoms with Crippen molar-refractivity contribution in [2.45, 2.75) is 19.3 Å². The van der Waals surface area contributed by atoms with E-state index in [2.05, 4.69) is 10.2 Å². The number of aromatic nitrogens is 3. The van der Waals surface area contributed by atoms with Crippen molar-refractivity contribution in [3.63, 3.8) is 0 Å². The second-order valence-corrected chi connectivity index (χ2v) is 4.67. The molecular formula is C12H13N3O4. The molecule has 2 aromatic rings. The van der Waals surface area contributed by atoms with Crippen LogP contribution in [0.2, 0.25) is 0 Å². The SMILES string of the molecule is CC(C)(C(=O)O)c1ccc(-n2c(=O)[nH][nH]c2=O)cc1. The van der Waals surface area contributed by atoms with Gasteiger partial charge in [0.1, 0.15) is 0 Å². The van der Waals surface area contributed by atoms with Gasteiger partial charge in [-0.15, -0.1) is 0 Å². The molecule has 2 rings (SSSR count). The lowest BCUT2D eigenvalue weighted by Crippen LogP contribution is -2.29. The summed E-state index contributed by atoms with van der Waals surface area (Å²) in [4.78, 5) is 34.0. The van der Waals surface area contributed by atoms with Gasteiger partial charge >= 0.3 is 17.3 Å². The normalized spacial score (nSPS) is 11.5. The molecule has 0 aliphatic heterocycles. The van der Waals surface area contributed by atoms with Crippen molar-refractivity contribution < 1.29 is 9.90 Å². The Kier molecular flexibility index (Phi) is 2.89. The van der Waals surface area contributed by atoms with Gasteiger partial charge in [-0.05, 0) is 31.5 Å². The van der Waals surface area contributed by atoms with Gasteiger partial charge in [-0.25, -0.2) is 24.4 Å². The molecule has 0 unspecified atom stereocenters. The molecule has 0 aliphatic carbocycles. The van der Waals surface area contributed by atoms with E-state index in [0.29, 0.717) is 11.3 Å². The van der Waals surface area contributed by atoms with Crippen LogP contribution >= 0.6 is 0 Å². The second-order valence-electron chi connectivity index (χ2n) is 4.67. The molecule has 7 heteroatoms. The van der Waals surface area contributed by atoms with Crippen molar-refractivity contribution in [1.82, 2.24) is 14.8 Å². The molecule has 19 heavy (non-hydrogen) atoms. The van der Waals surface area contributed by atoms with Crippen molar-refractivity contribution in [3.8, 4) is 5.69 Å². The minimum atomic E-state index is -1.03. The third-order valence-electron chi connectivity index (χ3n) is 3.06. The maximum absolute atomic E-state index is 11.4. The fourth-order valence-corrected chi connectivity index (χ4v) is 1.70. The zero-order chi connectivity index (χ0) is 14.2. The van der Waals surface area contributed by atoms with Crippen LogP contribution in [0.4, 0.5) is 0 Å². The molecule has 7 nitrogen and oxygen atoms in total. The van der Waals surface area contributed by atoms with Gasteiger partial charge in [0.15, 0.2) is 0 Å². The number of hydrogen-bond donors (Lipinski definition) is 3. The van der Waals surface area contributed by atoms with E-state index in [0.717, 1.165) is 4.57 Å². The fraction of sp³-hybridized carbons (Fsp3) is 0.250. The van der Waals surface area contributed by atoms with Crippen LogP contribution in [0, 0.1) is 0 Å². The van der Waals surface area contributed by atoms with E-state index >= 15 is 0 Å². The first-order chi connectivity index (χ1) is 8.84. The number of carbonyl (C=O) groups is 1. The maximum Gasteiger partial charge on any atom is 0.348 e. The molecule has 0 amide bonds. The number of carboxylic acids is 1. The lowest BCUT2D eigenvalue weighted by molar-refractivity contribution is -0.142. The number of aliphatic carboxylic acids is 1. The summed E-state index contributed by atoms with van der Waals surface area (Å²) in [5.41, 5.74) is -1.22. The monoisotopic (exact) mass is 263 g/mol. The largest absolute Gasteiger partial charge is 0.481 e. The Morgan fingerprint density at radius 3 is 2.00 bits per heavy atom. The average molecular weight is 263 g/mol.